The molecule has 0 bridgehead atoms. The highest BCUT2D eigenvalue weighted by Crippen LogP contribution is 2.37. The monoisotopic (exact) mass is 422 g/mol. The first-order valence-electron chi connectivity index (χ1n) is 10.7. The van der Waals surface area contributed by atoms with Crippen LogP contribution in [0, 0.1) is 6.92 Å². The van der Waals surface area contributed by atoms with Gasteiger partial charge < -0.3 is 20.4 Å². The first kappa shape index (κ1) is 16.5. The summed E-state index contributed by atoms with van der Waals surface area (Å²) in [5, 5.41) is 17.4. The number of para-hydroxylation sites is 1. The number of H-pyrrole nitrogens is 1. The van der Waals surface area contributed by atoms with Gasteiger partial charge >= 0.3 is 0 Å². The van der Waals surface area contributed by atoms with Gasteiger partial charge in [-0.25, -0.2) is 9.97 Å². The van der Waals surface area contributed by atoms with Crippen molar-refractivity contribution in [3.63, 3.8) is 0 Å². The number of anilines is 2. The van der Waals surface area contributed by atoms with Crippen LogP contribution in [0.5, 0.6) is 5.75 Å². The van der Waals surface area contributed by atoms with E-state index >= 15 is 0 Å². The van der Waals surface area contributed by atoms with E-state index in [2.05, 4.69) is 35.6 Å². The summed E-state index contributed by atoms with van der Waals surface area (Å²) in [5.74, 6) is 0.388. The van der Waals surface area contributed by atoms with E-state index in [1.807, 2.05) is 12.2 Å². The van der Waals surface area contributed by atoms with E-state index in [1.54, 1.807) is 48.5 Å². The molecular formula is C20H21N9O2. The first-order chi connectivity index (χ1) is 16.1. The molecule has 11 heteroatoms. The van der Waals surface area contributed by atoms with Gasteiger partial charge in [0.1, 0.15) is 12.0 Å². The molecule has 0 unspecified atom stereocenters. The van der Waals surface area contributed by atoms with E-state index in [0.29, 0.717) is 34.3 Å². The lowest BCUT2D eigenvalue weighted by Gasteiger charge is -2.15. The minimum atomic E-state index is -2.70. The maximum Gasteiger partial charge on any atom is 0.273 e. The van der Waals surface area contributed by atoms with Crippen LogP contribution >= 0.6 is 0 Å². The van der Waals surface area contributed by atoms with Crippen LogP contribution < -0.4 is 15.4 Å². The molecule has 0 aliphatic carbocycles. The molecule has 1 aromatic carbocycles. The van der Waals surface area contributed by atoms with Crippen molar-refractivity contribution in [3.05, 3.63) is 48.2 Å². The van der Waals surface area contributed by atoms with Gasteiger partial charge in [-0.1, -0.05) is 6.07 Å². The van der Waals surface area contributed by atoms with Crippen molar-refractivity contribution in [3.8, 4) is 28.7 Å². The van der Waals surface area contributed by atoms with Crippen molar-refractivity contribution in [2.24, 2.45) is 7.05 Å². The predicted octanol–water partition coefficient (Wildman–Crippen LogP) is 2.08. The number of ether oxygens (including phenoxy) is 1. The largest absolute Gasteiger partial charge is 0.494 e. The minimum absolute atomic E-state index is 0.199. The van der Waals surface area contributed by atoms with Gasteiger partial charge in [-0.2, -0.15) is 5.10 Å². The Hall–Kier alpha value is -4.28. The van der Waals surface area contributed by atoms with Gasteiger partial charge in [0.2, 0.25) is 0 Å². The Balaban J connectivity index is 1.80. The Kier molecular flexibility index (Phi) is 4.38. The number of nitrogens with zero attached hydrogens (tertiary/aromatic N) is 6. The molecule has 3 aromatic heterocycles. The Morgan fingerprint density at radius 2 is 2.13 bits per heavy atom. The number of nitrogens with one attached hydrogen (secondary N) is 3. The maximum absolute atomic E-state index is 12.7. The number of benzene rings is 1. The summed E-state index contributed by atoms with van der Waals surface area (Å²) in [6.45, 7) is -0.863. The Morgan fingerprint density at radius 1 is 1.26 bits per heavy atom. The summed E-state index contributed by atoms with van der Waals surface area (Å²) in [6, 6.07) is 6.84. The standard InChI is InChI=1S/C20H21N9O2/c1-11-9-22-19(24-11)15-8-14(16(27-26-15)20(30)21-2)25-13-7-5-6-12(17(13)31-4)18-23-10-29(3)28-18/h5-10H,1-4H3,(H,21,30)(H,22,24)(H,25,26)/i2D3. The lowest BCUT2D eigenvalue weighted by Crippen LogP contribution is -2.21. The van der Waals surface area contributed by atoms with Gasteiger partial charge in [0.15, 0.2) is 23.1 Å². The zero-order valence-corrected chi connectivity index (χ0v) is 17.0. The summed E-state index contributed by atoms with van der Waals surface area (Å²) < 4.78 is 29.2. The molecule has 1 amide bonds. The molecule has 0 radical (unpaired) electrons. The van der Waals surface area contributed by atoms with Crippen molar-refractivity contribution in [2.45, 2.75) is 6.92 Å². The third-order valence-corrected chi connectivity index (χ3v) is 4.40. The van der Waals surface area contributed by atoms with Gasteiger partial charge in [0.05, 0.1) is 24.0 Å². The minimum Gasteiger partial charge on any atom is -0.494 e. The van der Waals surface area contributed by atoms with E-state index in [9.17, 15) is 4.79 Å². The van der Waals surface area contributed by atoms with Gasteiger partial charge in [-0.3, -0.25) is 9.48 Å². The summed E-state index contributed by atoms with van der Waals surface area (Å²) in [4.78, 5) is 24.2. The molecule has 0 aliphatic heterocycles. The van der Waals surface area contributed by atoms with Gasteiger partial charge in [0.25, 0.3) is 5.91 Å². The molecule has 3 N–H and O–H groups in total. The lowest BCUT2D eigenvalue weighted by atomic mass is 10.1. The third-order valence-electron chi connectivity index (χ3n) is 4.40. The highest BCUT2D eigenvalue weighted by Gasteiger charge is 2.19. The van der Waals surface area contributed by atoms with E-state index < -0.39 is 12.9 Å². The molecule has 4 rings (SSSR count). The Bertz CT molecular complexity index is 1350. The second kappa shape index (κ2) is 8.22. The summed E-state index contributed by atoms with van der Waals surface area (Å²) in [6.07, 6.45) is 3.20. The number of rotatable bonds is 6. The smallest absolute Gasteiger partial charge is 0.273 e. The molecule has 31 heavy (non-hydrogen) atoms. The normalized spacial score (nSPS) is 12.5. The van der Waals surface area contributed by atoms with Crippen molar-refractivity contribution in [2.75, 3.05) is 19.4 Å². The van der Waals surface area contributed by atoms with Crippen LogP contribution in [0.25, 0.3) is 22.9 Å². The molecule has 0 spiro atoms. The molecule has 0 saturated heterocycles. The van der Waals surface area contributed by atoms with Crippen molar-refractivity contribution >= 4 is 17.3 Å². The van der Waals surface area contributed by atoms with E-state index in [4.69, 9.17) is 8.85 Å². The molecule has 3 heterocycles. The van der Waals surface area contributed by atoms with Crippen LogP contribution in [0.1, 0.15) is 20.3 Å². The Labute approximate surface area is 182 Å². The van der Waals surface area contributed by atoms with Crippen LogP contribution in [0.2, 0.25) is 0 Å². The number of methoxy groups -OCH3 is 1. The maximum atomic E-state index is 12.7. The van der Waals surface area contributed by atoms with Crippen LogP contribution in [0.15, 0.2) is 36.8 Å². The summed E-state index contributed by atoms with van der Waals surface area (Å²) in [7, 11) is 3.25. The number of aromatic nitrogens is 7. The summed E-state index contributed by atoms with van der Waals surface area (Å²) in [5.41, 5.74) is 2.24. The highest BCUT2D eigenvalue weighted by atomic mass is 16.5. The number of aromatic amines is 1. The van der Waals surface area contributed by atoms with Crippen molar-refractivity contribution in [1.29, 1.82) is 0 Å². The number of amides is 1. The van der Waals surface area contributed by atoms with Crippen molar-refractivity contribution in [1.82, 2.24) is 40.2 Å². The van der Waals surface area contributed by atoms with Crippen LogP contribution in [-0.2, 0) is 7.05 Å². The molecule has 0 atom stereocenters. The molecule has 0 aliphatic rings. The van der Waals surface area contributed by atoms with E-state index in [-0.39, 0.29) is 11.4 Å². The SMILES string of the molecule is [2H]C([2H])([2H])NC(=O)c1nnc(-c2ncc(C)[nH]2)cc1Nc1cccc(-c2ncn(C)n2)c1OC. The molecule has 0 fully saturated rings. The van der Waals surface area contributed by atoms with E-state index in [1.165, 1.54) is 7.11 Å². The van der Waals surface area contributed by atoms with Crippen LogP contribution in [0.3, 0.4) is 0 Å². The zero-order chi connectivity index (χ0) is 24.5. The van der Waals surface area contributed by atoms with Crippen LogP contribution in [-0.4, -0.2) is 54.9 Å². The molecular weight excluding hydrogens is 398 g/mol. The molecule has 158 valence electrons. The predicted molar refractivity (Wildman–Crippen MR) is 114 cm³/mol. The van der Waals surface area contributed by atoms with Crippen LogP contribution in [0.4, 0.5) is 11.4 Å². The average Bonchev–Trinajstić information content (AvgIpc) is 3.40. The fourth-order valence-corrected chi connectivity index (χ4v) is 3.01. The lowest BCUT2D eigenvalue weighted by molar-refractivity contribution is 0.0958. The molecule has 11 nitrogen and oxygen atoms in total. The number of carbonyl (C=O) groups excluding carboxylic acids is 1. The third kappa shape index (κ3) is 3.92. The van der Waals surface area contributed by atoms with Gasteiger partial charge in [0, 0.05) is 30.0 Å². The number of aryl methyl sites for hydroxylation is 2. The van der Waals surface area contributed by atoms with Crippen molar-refractivity contribution < 1.29 is 13.6 Å². The summed E-state index contributed by atoms with van der Waals surface area (Å²) >= 11 is 0. The molecule has 0 saturated carbocycles. The second-order valence-corrected chi connectivity index (χ2v) is 6.61. The molecule has 4 aromatic rings. The quantitative estimate of drug-likeness (QED) is 0.430. The van der Waals surface area contributed by atoms with Gasteiger partial charge in [-0.05, 0) is 25.1 Å². The average molecular weight is 422 g/mol. The number of carbonyl (C=O) groups is 1. The van der Waals surface area contributed by atoms with E-state index in [0.717, 1.165) is 5.69 Å². The number of hydrogen-bond acceptors (Lipinski definition) is 8. The number of hydrogen-bond donors (Lipinski definition) is 3. The zero-order valence-electron chi connectivity index (χ0n) is 20.0. The topological polar surface area (TPSA) is 136 Å². The number of imidazole rings is 1. The fourth-order valence-electron chi connectivity index (χ4n) is 3.01. The fraction of sp³-hybridized carbons (Fsp3) is 0.200. The highest BCUT2D eigenvalue weighted by molar-refractivity contribution is 5.99. The second-order valence-electron chi connectivity index (χ2n) is 6.61. The Morgan fingerprint density at radius 3 is 2.81 bits per heavy atom. The van der Waals surface area contributed by atoms with Gasteiger partial charge in [-0.15, -0.1) is 10.2 Å². The first-order valence-corrected chi connectivity index (χ1v) is 9.17.